The van der Waals surface area contributed by atoms with Crippen molar-refractivity contribution in [3.8, 4) is 0 Å². The topological polar surface area (TPSA) is 132 Å². The van der Waals surface area contributed by atoms with Crippen LogP contribution in [0.2, 0.25) is 0 Å². The van der Waals surface area contributed by atoms with Crippen molar-refractivity contribution >= 4 is 40.7 Å². The molecule has 0 spiro atoms. The third-order valence-electron chi connectivity index (χ3n) is 7.00. The highest BCUT2D eigenvalue weighted by Crippen LogP contribution is 2.32. The predicted molar refractivity (Wildman–Crippen MR) is 163 cm³/mol. The van der Waals surface area contributed by atoms with Gasteiger partial charge in [0.1, 0.15) is 12.7 Å². The lowest BCUT2D eigenvalue weighted by molar-refractivity contribution is -0.223. The minimum atomic E-state index is -1.71. The molecule has 0 aromatic heterocycles. The van der Waals surface area contributed by atoms with Gasteiger partial charge in [-0.15, -0.1) is 0 Å². The molecule has 5 rings (SSSR count). The molecule has 0 saturated carbocycles. The van der Waals surface area contributed by atoms with Crippen LogP contribution in [-0.2, 0) is 28.5 Å². The number of hydrogen-bond donors (Lipinski definition) is 0. The lowest BCUT2D eigenvalue weighted by atomic mass is 9.94. The highest BCUT2D eigenvalue weighted by Gasteiger charge is 2.55. The Morgan fingerprint density at radius 1 is 0.500 bits per heavy atom. The zero-order chi connectivity index (χ0) is 32.5. The predicted octanol–water partition coefficient (Wildman–Crippen LogP) is 5.05. The van der Waals surface area contributed by atoms with E-state index in [1.165, 1.54) is 48.5 Å². The van der Waals surface area contributed by atoms with Crippen LogP contribution in [0, 0.1) is 0 Å². The van der Waals surface area contributed by atoms with E-state index in [9.17, 15) is 24.0 Å². The second kappa shape index (κ2) is 15.1. The number of carbonyl (C=O) groups is 5. The lowest BCUT2D eigenvalue weighted by Gasteiger charge is -2.43. The molecule has 1 heterocycles. The first-order chi connectivity index (χ1) is 22.3. The Hall–Kier alpha value is -5.32. The van der Waals surface area contributed by atoms with Crippen molar-refractivity contribution < 1.29 is 47.7 Å². The standard InChI is InChI=1S/C35H27ClO10/c36-31(37)30-29(46-35(41)25-19-11-4-12-20-25)28(45-34(40)24-17-9-3-10-18-24)27(44-33(39)23-15-7-2-8-16-23)26(43-30)21-42-32(38)22-13-5-1-6-14-22/h1-20,26-30H,21H2/t26-,27-,28+,29-,30-/m1/s1. The van der Waals surface area contributed by atoms with Gasteiger partial charge in [-0.1, -0.05) is 72.8 Å². The van der Waals surface area contributed by atoms with Crippen molar-refractivity contribution in [3.05, 3.63) is 144 Å². The van der Waals surface area contributed by atoms with Gasteiger partial charge in [0.25, 0.3) is 5.24 Å². The average molecular weight is 643 g/mol. The molecule has 0 amide bonds. The molecule has 1 aliphatic rings. The molecule has 0 radical (unpaired) electrons. The van der Waals surface area contributed by atoms with Gasteiger partial charge in [-0.25, -0.2) is 19.2 Å². The first-order valence-corrected chi connectivity index (χ1v) is 14.5. The Kier molecular flexibility index (Phi) is 10.5. The third-order valence-corrected chi connectivity index (χ3v) is 7.22. The minimum absolute atomic E-state index is 0.119. The van der Waals surface area contributed by atoms with E-state index in [2.05, 4.69) is 0 Å². The molecular weight excluding hydrogens is 616 g/mol. The fraction of sp³-hybridized carbons (Fsp3) is 0.171. The van der Waals surface area contributed by atoms with Crippen molar-refractivity contribution in [2.24, 2.45) is 0 Å². The first-order valence-electron chi connectivity index (χ1n) is 14.2. The maximum atomic E-state index is 13.4. The van der Waals surface area contributed by atoms with Crippen molar-refractivity contribution in [1.82, 2.24) is 0 Å². The van der Waals surface area contributed by atoms with E-state index >= 15 is 0 Å². The molecule has 10 nitrogen and oxygen atoms in total. The maximum Gasteiger partial charge on any atom is 0.338 e. The smallest absolute Gasteiger partial charge is 0.338 e. The summed E-state index contributed by atoms with van der Waals surface area (Å²) in [5.74, 6) is -3.35. The number of halogens is 1. The van der Waals surface area contributed by atoms with Gasteiger partial charge in [0.05, 0.1) is 22.3 Å². The highest BCUT2D eigenvalue weighted by molar-refractivity contribution is 6.64. The summed E-state index contributed by atoms with van der Waals surface area (Å²) in [5.41, 5.74) is 0.607. The van der Waals surface area contributed by atoms with E-state index in [1.807, 2.05) is 0 Å². The van der Waals surface area contributed by atoms with Gasteiger partial charge in [-0.05, 0) is 60.1 Å². The van der Waals surface area contributed by atoms with Gasteiger partial charge in [0, 0.05) is 0 Å². The maximum absolute atomic E-state index is 13.4. The molecule has 5 atom stereocenters. The van der Waals surface area contributed by atoms with E-state index in [-0.39, 0.29) is 22.3 Å². The number of hydrogen-bond acceptors (Lipinski definition) is 10. The molecule has 4 aromatic rings. The van der Waals surface area contributed by atoms with E-state index in [1.54, 1.807) is 72.8 Å². The van der Waals surface area contributed by atoms with E-state index < -0.39 is 66.2 Å². The van der Waals surface area contributed by atoms with Gasteiger partial charge >= 0.3 is 23.9 Å². The number of rotatable bonds is 10. The molecule has 1 aliphatic heterocycles. The molecule has 4 aromatic carbocycles. The molecule has 46 heavy (non-hydrogen) atoms. The van der Waals surface area contributed by atoms with Crippen molar-refractivity contribution in [3.63, 3.8) is 0 Å². The van der Waals surface area contributed by atoms with Gasteiger partial charge < -0.3 is 23.7 Å². The van der Waals surface area contributed by atoms with Crippen molar-refractivity contribution in [2.75, 3.05) is 6.61 Å². The molecule has 1 saturated heterocycles. The monoisotopic (exact) mass is 642 g/mol. The molecule has 1 fully saturated rings. The fourth-order valence-corrected chi connectivity index (χ4v) is 4.93. The summed E-state index contributed by atoms with van der Waals surface area (Å²) >= 11 is 5.96. The second-order valence-corrected chi connectivity index (χ2v) is 10.4. The quantitative estimate of drug-likeness (QED) is 0.131. The first kappa shape index (κ1) is 32.1. The molecule has 0 unspecified atom stereocenters. The molecule has 0 aliphatic carbocycles. The van der Waals surface area contributed by atoms with Crippen molar-refractivity contribution in [1.29, 1.82) is 0 Å². The van der Waals surface area contributed by atoms with Crippen LogP contribution in [0.1, 0.15) is 41.4 Å². The van der Waals surface area contributed by atoms with Crippen molar-refractivity contribution in [2.45, 2.75) is 30.5 Å². The summed E-state index contributed by atoms with van der Waals surface area (Å²) in [5, 5.41) is -1.10. The summed E-state index contributed by atoms with van der Waals surface area (Å²) in [6.45, 7) is -0.556. The lowest BCUT2D eigenvalue weighted by Crippen LogP contribution is -2.63. The van der Waals surface area contributed by atoms with Crippen LogP contribution in [0.15, 0.2) is 121 Å². The highest BCUT2D eigenvalue weighted by atomic mass is 35.5. The van der Waals surface area contributed by atoms with Gasteiger partial charge in [0.15, 0.2) is 24.4 Å². The summed E-state index contributed by atoms with van der Waals surface area (Å²) in [6, 6.07) is 31.8. The normalized spacial score (nSPS) is 20.5. The molecule has 11 heteroatoms. The Bertz CT molecular complexity index is 1670. The Morgan fingerprint density at radius 3 is 1.24 bits per heavy atom. The van der Waals surface area contributed by atoms with Crippen LogP contribution in [0.4, 0.5) is 0 Å². The number of esters is 4. The van der Waals surface area contributed by atoms with E-state index in [4.69, 9.17) is 35.3 Å². The van der Waals surface area contributed by atoms with Gasteiger partial charge in [-0.2, -0.15) is 0 Å². The molecule has 0 N–H and O–H groups in total. The Balaban J connectivity index is 1.53. The SMILES string of the molecule is O=C(OC[C@H]1O[C@@H](C(=O)Cl)[C@H](OC(=O)c2ccccc2)[C@@H](OC(=O)c2ccccc2)[C@@H]1OC(=O)c1ccccc1)c1ccccc1. The van der Waals surface area contributed by atoms with Gasteiger partial charge in [-0.3, -0.25) is 4.79 Å². The average Bonchev–Trinajstić information content (AvgIpc) is 3.10. The van der Waals surface area contributed by atoms with Crippen LogP contribution in [0.25, 0.3) is 0 Å². The second-order valence-electron chi connectivity index (χ2n) is 10.1. The Labute approximate surface area is 268 Å². The van der Waals surface area contributed by atoms with Crippen LogP contribution < -0.4 is 0 Å². The summed E-state index contributed by atoms with van der Waals surface area (Å²) < 4.78 is 28.8. The van der Waals surface area contributed by atoms with E-state index in [0.29, 0.717) is 0 Å². The van der Waals surface area contributed by atoms with Crippen LogP contribution in [0.3, 0.4) is 0 Å². The minimum Gasteiger partial charge on any atom is -0.459 e. The van der Waals surface area contributed by atoms with Gasteiger partial charge in [0.2, 0.25) is 0 Å². The number of carbonyl (C=O) groups excluding carboxylic acids is 5. The summed E-state index contributed by atoms with van der Waals surface area (Å²) in [4.78, 5) is 65.6. The molecule has 0 bridgehead atoms. The molecular formula is C35H27ClO10. The zero-order valence-corrected chi connectivity index (χ0v) is 24.9. The largest absolute Gasteiger partial charge is 0.459 e. The summed E-state index contributed by atoms with van der Waals surface area (Å²) in [6.07, 6.45) is -7.98. The Morgan fingerprint density at radius 2 is 0.848 bits per heavy atom. The number of benzene rings is 4. The molecule has 234 valence electrons. The third kappa shape index (κ3) is 7.84. The number of ether oxygens (including phenoxy) is 5. The van der Waals surface area contributed by atoms with Crippen LogP contribution >= 0.6 is 11.6 Å². The van der Waals surface area contributed by atoms with E-state index in [0.717, 1.165) is 0 Å². The summed E-state index contributed by atoms with van der Waals surface area (Å²) in [7, 11) is 0. The zero-order valence-electron chi connectivity index (χ0n) is 24.1. The van der Waals surface area contributed by atoms with Crippen LogP contribution in [-0.4, -0.2) is 66.2 Å². The fourth-order valence-electron chi connectivity index (χ4n) is 4.75. The van der Waals surface area contributed by atoms with Crippen LogP contribution in [0.5, 0.6) is 0 Å².